The highest BCUT2D eigenvalue weighted by Crippen LogP contribution is 2.17. The number of sulfonamides is 1. The Morgan fingerprint density at radius 3 is 2.08 bits per heavy atom. The Morgan fingerprint density at radius 2 is 1.58 bits per heavy atom. The van der Waals surface area contributed by atoms with Crippen LogP contribution in [0.2, 0.25) is 0 Å². The van der Waals surface area contributed by atoms with Crippen molar-refractivity contribution in [2.75, 3.05) is 26.0 Å². The monoisotopic (exact) mass is 376 g/mol. The molecule has 0 bridgehead atoms. The fourth-order valence-electron chi connectivity index (χ4n) is 2.05. The zero-order valence-corrected chi connectivity index (χ0v) is 15.5. The van der Waals surface area contributed by atoms with Gasteiger partial charge in [0.05, 0.1) is 4.90 Å². The van der Waals surface area contributed by atoms with Crippen molar-refractivity contribution in [1.82, 2.24) is 4.31 Å². The molecule has 0 aliphatic heterocycles. The first-order chi connectivity index (χ1) is 12.2. The normalized spacial score (nSPS) is 11.2. The van der Waals surface area contributed by atoms with Gasteiger partial charge >= 0.3 is 0 Å². The minimum Gasteiger partial charge on any atom is -0.484 e. The van der Waals surface area contributed by atoms with Crippen molar-refractivity contribution >= 4 is 27.4 Å². The van der Waals surface area contributed by atoms with E-state index in [4.69, 9.17) is 4.74 Å². The zero-order valence-electron chi connectivity index (χ0n) is 14.7. The summed E-state index contributed by atoms with van der Waals surface area (Å²) in [5, 5.41) is 2.62. The summed E-state index contributed by atoms with van der Waals surface area (Å²) in [6.45, 7) is 1.26. The molecule has 0 radical (unpaired) electrons. The number of ketones is 1. The van der Waals surface area contributed by atoms with Gasteiger partial charge in [0.1, 0.15) is 5.75 Å². The molecule has 1 amide bonds. The number of carbonyl (C=O) groups excluding carboxylic acids is 2. The first kappa shape index (κ1) is 19.6. The molecule has 2 aromatic carbocycles. The molecule has 0 saturated carbocycles. The van der Waals surface area contributed by atoms with Crippen LogP contribution in [0.5, 0.6) is 5.75 Å². The Morgan fingerprint density at radius 1 is 1.00 bits per heavy atom. The molecular formula is C18H20N2O5S. The van der Waals surface area contributed by atoms with Crippen molar-refractivity contribution in [1.29, 1.82) is 0 Å². The fraction of sp³-hybridized carbons (Fsp3) is 0.222. The van der Waals surface area contributed by atoms with E-state index in [-0.39, 0.29) is 23.2 Å². The van der Waals surface area contributed by atoms with Crippen LogP contribution in [0.1, 0.15) is 17.3 Å². The van der Waals surface area contributed by atoms with Gasteiger partial charge in [-0.05, 0) is 55.5 Å². The predicted molar refractivity (Wildman–Crippen MR) is 97.9 cm³/mol. The lowest BCUT2D eigenvalue weighted by atomic mass is 10.1. The number of nitrogens with one attached hydrogen (secondary N) is 1. The summed E-state index contributed by atoms with van der Waals surface area (Å²) in [5.74, 6) is 0.0375. The van der Waals surface area contributed by atoms with Crippen LogP contribution in [-0.4, -0.2) is 45.1 Å². The van der Waals surface area contributed by atoms with Gasteiger partial charge in [0.2, 0.25) is 10.0 Å². The SMILES string of the molecule is CC(=O)c1ccc(OCC(=O)Nc2ccc(S(=O)(=O)N(C)C)cc2)cc1. The molecule has 0 atom stereocenters. The summed E-state index contributed by atoms with van der Waals surface area (Å²) in [7, 11) is -0.607. The lowest BCUT2D eigenvalue weighted by Crippen LogP contribution is -2.22. The van der Waals surface area contributed by atoms with Crippen LogP contribution in [0.25, 0.3) is 0 Å². The van der Waals surface area contributed by atoms with E-state index in [1.54, 1.807) is 24.3 Å². The Hall–Kier alpha value is -2.71. The molecular weight excluding hydrogens is 356 g/mol. The molecule has 138 valence electrons. The summed E-state index contributed by atoms with van der Waals surface area (Å²) < 4.78 is 30.5. The molecule has 0 aromatic heterocycles. The quantitative estimate of drug-likeness (QED) is 0.748. The van der Waals surface area contributed by atoms with Crippen molar-refractivity contribution in [3.63, 3.8) is 0 Å². The van der Waals surface area contributed by atoms with Crippen LogP contribution >= 0.6 is 0 Å². The Kier molecular flexibility index (Phi) is 6.12. The van der Waals surface area contributed by atoms with E-state index in [0.717, 1.165) is 4.31 Å². The molecule has 26 heavy (non-hydrogen) atoms. The standard InChI is InChI=1S/C18H20N2O5S/c1-13(21)14-4-8-16(9-5-14)25-12-18(22)19-15-6-10-17(11-7-15)26(23,24)20(2)3/h4-11H,12H2,1-3H3,(H,19,22). The second-order valence-electron chi connectivity index (χ2n) is 5.73. The molecule has 7 nitrogen and oxygen atoms in total. The largest absolute Gasteiger partial charge is 0.484 e. The van der Waals surface area contributed by atoms with Crippen molar-refractivity contribution in [2.45, 2.75) is 11.8 Å². The highest BCUT2D eigenvalue weighted by atomic mass is 32.2. The predicted octanol–water partition coefficient (Wildman–Crippen LogP) is 2.16. The molecule has 2 aromatic rings. The van der Waals surface area contributed by atoms with Gasteiger partial charge in [-0.3, -0.25) is 9.59 Å². The van der Waals surface area contributed by atoms with E-state index in [1.807, 2.05) is 0 Å². The Balaban J connectivity index is 1.92. The van der Waals surface area contributed by atoms with E-state index in [0.29, 0.717) is 17.0 Å². The number of anilines is 1. The van der Waals surface area contributed by atoms with E-state index in [1.165, 1.54) is 45.3 Å². The van der Waals surface area contributed by atoms with E-state index in [2.05, 4.69) is 5.32 Å². The smallest absolute Gasteiger partial charge is 0.262 e. The summed E-state index contributed by atoms with van der Waals surface area (Å²) in [6.07, 6.45) is 0. The number of benzene rings is 2. The number of hydrogen-bond acceptors (Lipinski definition) is 5. The molecule has 0 spiro atoms. The Bertz CT molecular complexity index is 888. The van der Waals surface area contributed by atoms with Crippen LogP contribution < -0.4 is 10.1 Å². The molecule has 2 rings (SSSR count). The maximum absolute atomic E-state index is 12.0. The topological polar surface area (TPSA) is 92.8 Å². The molecule has 0 unspecified atom stereocenters. The maximum atomic E-state index is 12.0. The number of rotatable bonds is 7. The van der Waals surface area contributed by atoms with Crippen LogP contribution in [-0.2, 0) is 14.8 Å². The van der Waals surface area contributed by atoms with Gasteiger partial charge in [0, 0.05) is 25.3 Å². The van der Waals surface area contributed by atoms with Gasteiger partial charge < -0.3 is 10.1 Å². The number of hydrogen-bond donors (Lipinski definition) is 1. The van der Waals surface area contributed by atoms with Crippen LogP contribution in [0.4, 0.5) is 5.69 Å². The van der Waals surface area contributed by atoms with Crippen LogP contribution in [0.3, 0.4) is 0 Å². The van der Waals surface area contributed by atoms with Gasteiger partial charge in [-0.25, -0.2) is 12.7 Å². The van der Waals surface area contributed by atoms with Gasteiger partial charge in [0.25, 0.3) is 5.91 Å². The highest BCUT2D eigenvalue weighted by molar-refractivity contribution is 7.89. The summed E-state index contributed by atoms with van der Waals surface area (Å²) in [4.78, 5) is 23.3. The number of Topliss-reactive ketones (excluding diaryl/α,β-unsaturated/α-hetero) is 1. The first-order valence-corrected chi connectivity index (χ1v) is 9.20. The first-order valence-electron chi connectivity index (χ1n) is 7.76. The molecule has 0 fully saturated rings. The maximum Gasteiger partial charge on any atom is 0.262 e. The highest BCUT2D eigenvalue weighted by Gasteiger charge is 2.16. The summed E-state index contributed by atoms with van der Waals surface area (Å²) in [6, 6.07) is 12.3. The van der Waals surface area contributed by atoms with Crippen molar-refractivity contribution in [2.24, 2.45) is 0 Å². The molecule has 0 aliphatic carbocycles. The summed E-state index contributed by atoms with van der Waals surface area (Å²) >= 11 is 0. The second-order valence-corrected chi connectivity index (χ2v) is 7.88. The number of amides is 1. The van der Waals surface area contributed by atoms with E-state index >= 15 is 0 Å². The second kappa shape index (κ2) is 8.11. The molecule has 0 aliphatic rings. The number of carbonyl (C=O) groups is 2. The molecule has 8 heteroatoms. The molecule has 0 heterocycles. The number of nitrogens with zero attached hydrogens (tertiary/aromatic N) is 1. The van der Waals surface area contributed by atoms with Gasteiger partial charge in [0.15, 0.2) is 12.4 Å². The lowest BCUT2D eigenvalue weighted by molar-refractivity contribution is -0.118. The minimum atomic E-state index is -3.51. The van der Waals surface area contributed by atoms with Crippen LogP contribution in [0.15, 0.2) is 53.4 Å². The molecule has 1 N–H and O–H groups in total. The van der Waals surface area contributed by atoms with E-state index < -0.39 is 10.0 Å². The lowest BCUT2D eigenvalue weighted by Gasteiger charge is -2.12. The third kappa shape index (κ3) is 4.90. The Labute approximate surface area is 152 Å². The van der Waals surface area contributed by atoms with Crippen molar-refractivity contribution in [3.8, 4) is 5.75 Å². The van der Waals surface area contributed by atoms with Gasteiger partial charge in [-0.1, -0.05) is 0 Å². The van der Waals surface area contributed by atoms with Crippen LogP contribution in [0, 0.1) is 0 Å². The average Bonchev–Trinajstić information content (AvgIpc) is 2.60. The third-order valence-electron chi connectivity index (χ3n) is 3.55. The van der Waals surface area contributed by atoms with Crippen molar-refractivity contribution in [3.05, 3.63) is 54.1 Å². The van der Waals surface area contributed by atoms with Gasteiger partial charge in [-0.2, -0.15) is 0 Å². The third-order valence-corrected chi connectivity index (χ3v) is 5.38. The van der Waals surface area contributed by atoms with Crippen molar-refractivity contribution < 1.29 is 22.7 Å². The average molecular weight is 376 g/mol. The van der Waals surface area contributed by atoms with Gasteiger partial charge in [-0.15, -0.1) is 0 Å². The minimum absolute atomic E-state index is 0.0472. The fourth-order valence-corrected chi connectivity index (χ4v) is 2.95. The summed E-state index contributed by atoms with van der Waals surface area (Å²) in [5.41, 5.74) is 1.03. The van der Waals surface area contributed by atoms with E-state index in [9.17, 15) is 18.0 Å². The zero-order chi connectivity index (χ0) is 19.3. The molecule has 0 saturated heterocycles. The number of ether oxygens (including phenoxy) is 1.